The molecule has 1 aliphatic carbocycles. The van der Waals surface area contributed by atoms with Gasteiger partial charge in [0.05, 0.1) is 6.20 Å². The third-order valence-corrected chi connectivity index (χ3v) is 4.00. The van der Waals surface area contributed by atoms with Crippen LogP contribution in [-0.4, -0.2) is 18.1 Å². The first-order valence-electron chi connectivity index (χ1n) is 6.57. The van der Waals surface area contributed by atoms with Crippen molar-refractivity contribution >= 4 is 0 Å². The fourth-order valence-electron chi connectivity index (χ4n) is 2.63. The summed E-state index contributed by atoms with van der Waals surface area (Å²) in [6.07, 6.45) is 9.47. The summed E-state index contributed by atoms with van der Waals surface area (Å²) >= 11 is 0. The first-order valence-corrected chi connectivity index (χ1v) is 6.57. The van der Waals surface area contributed by atoms with E-state index in [1.165, 1.54) is 32.1 Å². The summed E-state index contributed by atoms with van der Waals surface area (Å²) in [5, 5.41) is 3.39. The van der Waals surface area contributed by atoms with Gasteiger partial charge in [0.25, 0.3) is 0 Å². The second kappa shape index (κ2) is 4.58. The Labute approximate surface area is 96.6 Å². The summed E-state index contributed by atoms with van der Waals surface area (Å²) in [6.45, 7) is 2.31. The van der Waals surface area contributed by atoms with Crippen molar-refractivity contribution in [1.82, 2.24) is 10.3 Å². The standard InChI is InChI=1S/C13H20N2O/c1-2-11(3-1)12-9-15-13(16-12)8-10-4-6-14-7-5-10/h9-11,14H,1-8H2. The van der Waals surface area contributed by atoms with Crippen molar-refractivity contribution < 1.29 is 4.42 Å². The Morgan fingerprint density at radius 1 is 1.25 bits per heavy atom. The Morgan fingerprint density at radius 2 is 2.06 bits per heavy atom. The average molecular weight is 220 g/mol. The minimum Gasteiger partial charge on any atom is -0.445 e. The monoisotopic (exact) mass is 220 g/mol. The summed E-state index contributed by atoms with van der Waals surface area (Å²) < 4.78 is 5.86. The maximum absolute atomic E-state index is 5.86. The van der Waals surface area contributed by atoms with E-state index in [4.69, 9.17) is 4.42 Å². The predicted molar refractivity (Wildman–Crippen MR) is 62.4 cm³/mol. The number of hydrogen-bond donors (Lipinski definition) is 1. The highest BCUT2D eigenvalue weighted by Crippen LogP contribution is 2.36. The van der Waals surface area contributed by atoms with Gasteiger partial charge in [-0.25, -0.2) is 4.98 Å². The van der Waals surface area contributed by atoms with Gasteiger partial charge >= 0.3 is 0 Å². The summed E-state index contributed by atoms with van der Waals surface area (Å²) in [5.41, 5.74) is 0. The zero-order valence-electron chi connectivity index (χ0n) is 9.74. The van der Waals surface area contributed by atoms with Gasteiger partial charge in [0.2, 0.25) is 0 Å². The fourth-order valence-corrected chi connectivity index (χ4v) is 2.63. The Kier molecular flexibility index (Phi) is 2.96. The van der Waals surface area contributed by atoms with Crippen LogP contribution in [0.2, 0.25) is 0 Å². The van der Waals surface area contributed by atoms with Crippen LogP contribution in [0.25, 0.3) is 0 Å². The smallest absolute Gasteiger partial charge is 0.194 e. The van der Waals surface area contributed by atoms with Crippen molar-refractivity contribution in [1.29, 1.82) is 0 Å². The van der Waals surface area contributed by atoms with E-state index < -0.39 is 0 Å². The first-order chi connectivity index (χ1) is 7.92. The molecule has 0 spiro atoms. The molecule has 3 nitrogen and oxygen atoms in total. The van der Waals surface area contributed by atoms with Gasteiger partial charge in [-0.15, -0.1) is 0 Å². The zero-order chi connectivity index (χ0) is 10.8. The van der Waals surface area contributed by atoms with Crippen LogP contribution in [0.1, 0.15) is 49.7 Å². The molecule has 1 aromatic rings. The summed E-state index contributed by atoms with van der Waals surface area (Å²) in [6, 6.07) is 0. The van der Waals surface area contributed by atoms with Gasteiger partial charge < -0.3 is 9.73 Å². The zero-order valence-corrected chi connectivity index (χ0v) is 9.74. The van der Waals surface area contributed by atoms with E-state index in [1.807, 2.05) is 6.20 Å². The first kappa shape index (κ1) is 10.3. The molecule has 1 saturated carbocycles. The van der Waals surface area contributed by atoms with Crippen LogP contribution in [0.3, 0.4) is 0 Å². The lowest BCUT2D eigenvalue weighted by Gasteiger charge is -2.22. The van der Waals surface area contributed by atoms with Gasteiger partial charge in [0.1, 0.15) is 5.76 Å². The third kappa shape index (κ3) is 2.14. The lowest BCUT2D eigenvalue weighted by Crippen LogP contribution is -2.28. The molecule has 2 aliphatic rings. The van der Waals surface area contributed by atoms with Crippen molar-refractivity contribution in [2.45, 2.75) is 44.4 Å². The van der Waals surface area contributed by atoms with E-state index in [2.05, 4.69) is 10.3 Å². The van der Waals surface area contributed by atoms with Crippen LogP contribution >= 0.6 is 0 Å². The molecule has 0 atom stereocenters. The second-order valence-corrected chi connectivity index (χ2v) is 5.18. The van der Waals surface area contributed by atoms with E-state index in [1.54, 1.807) is 0 Å². The molecule has 16 heavy (non-hydrogen) atoms. The highest BCUT2D eigenvalue weighted by atomic mass is 16.4. The highest BCUT2D eigenvalue weighted by Gasteiger charge is 2.24. The molecule has 2 heterocycles. The maximum atomic E-state index is 5.86. The molecule has 1 aliphatic heterocycles. The largest absolute Gasteiger partial charge is 0.445 e. The molecule has 1 aromatic heterocycles. The number of oxazole rings is 1. The van der Waals surface area contributed by atoms with E-state index in [-0.39, 0.29) is 0 Å². The maximum Gasteiger partial charge on any atom is 0.194 e. The number of nitrogens with zero attached hydrogens (tertiary/aromatic N) is 1. The Hall–Kier alpha value is -0.830. The Morgan fingerprint density at radius 3 is 2.75 bits per heavy atom. The van der Waals surface area contributed by atoms with E-state index >= 15 is 0 Å². The summed E-state index contributed by atoms with van der Waals surface area (Å²) in [4.78, 5) is 4.43. The Bertz CT molecular complexity index is 337. The van der Waals surface area contributed by atoms with Gasteiger partial charge in [-0.1, -0.05) is 6.42 Å². The number of piperidine rings is 1. The number of hydrogen-bond acceptors (Lipinski definition) is 3. The molecule has 3 rings (SSSR count). The van der Waals surface area contributed by atoms with E-state index in [0.29, 0.717) is 5.92 Å². The van der Waals surface area contributed by atoms with Crippen LogP contribution in [-0.2, 0) is 6.42 Å². The molecule has 0 aromatic carbocycles. The molecular weight excluding hydrogens is 200 g/mol. The molecule has 88 valence electrons. The van der Waals surface area contributed by atoms with E-state index in [9.17, 15) is 0 Å². The summed E-state index contributed by atoms with van der Waals surface area (Å²) in [5.74, 6) is 3.55. The van der Waals surface area contributed by atoms with Crippen molar-refractivity contribution in [3.05, 3.63) is 17.8 Å². The average Bonchev–Trinajstić information content (AvgIpc) is 2.65. The second-order valence-electron chi connectivity index (χ2n) is 5.18. The fraction of sp³-hybridized carbons (Fsp3) is 0.769. The molecule has 1 saturated heterocycles. The molecule has 0 unspecified atom stereocenters. The van der Waals surface area contributed by atoms with Crippen LogP contribution < -0.4 is 5.32 Å². The van der Waals surface area contributed by atoms with Gasteiger partial charge in [-0.05, 0) is 44.7 Å². The van der Waals surface area contributed by atoms with Gasteiger partial charge in [-0.3, -0.25) is 0 Å². The minimum atomic E-state index is 0.675. The molecular formula is C13H20N2O. The van der Waals surface area contributed by atoms with Crippen molar-refractivity contribution in [2.75, 3.05) is 13.1 Å². The summed E-state index contributed by atoms with van der Waals surface area (Å²) in [7, 11) is 0. The van der Waals surface area contributed by atoms with Crippen LogP contribution in [0.4, 0.5) is 0 Å². The van der Waals surface area contributed by atoms with E-state index in [0.717, 1.165) is 37.1 Å². The molecule has 1 N–H and O–H groups in total. The molecule has 0 amide bonds. The molecule has 0 radical (unpaired) electrons. The number of aromatic nitrogens is 1. The van der Waals surface area contributed by atoms with Crippen molar-refractivity contribution in [2.24, 2.45) is 5.92 Å². The lowest BCUT2D eigenvalue weighted by molar-refractivity contribution is 0.307. The Balaban J connectivity index is 1.58. The van der Waals surface area contributed by atoms with Crippen LogP contribution in [0.5, 0.6) is 0 Å². The topological polar surface area (TPSA) is 38.1 Å². The minimum absolute atomic E-state index is 0.675. The number of nitrogens with one attached hydrogen (secondary N) is 1. The predicted octanol–water partition coefficient (Wildman–Crippen LogP) is 2.48. The van der Waals surface area contributed by atoms with Gasteiger partial charge in [0, 0.05) is 12.3 Å². The van der Waals surface area contributed by atoms with Crippen molar-refractivity contribution in [3.63, 3.8) is 0 Å². The van der Waals surface area contributed by atoms with Gasteiger partial charge in [0.15, 0.2) is 5.89 Å². The lowest BCUT2D eigenvalue weighted by atomic mass is 9.84. The normalized spacial score (nSPS) is 23.2. The quantitative estimate of drug-likeness (QED) is 0.850. The third-order valence-electron chi connectivity index (χ3n) is 4.00. The molecule has 0 bridgehead atoms. The van der Waals surface area contributed by atoms with Crippen LogP contribution in [0, 0.1) is 5.92 Å². The van der Waals surface area contributed by atoms with Gasteiger partial charge in [-0.2, -0.15) is 0 Å². The van der Waals surface area contributed by atoms with Crippen molar-refractivity contribution in [3.8, 4) is 0 Å². The SMILES string of the molecule is c1nc(CC2CCNCC2)oc1C1CCC1. The van der Waals surface area contributed by atoms with Crippen LogP contribution in [0.15, 0.2) is 10.6 Å². The molecule has 3 heteroatoms. The highest BCUT2D eigenvalue weighted by molar-refractivity contribution is 5.05. The molecule has 2 fully saturated rings. The number of rotatable bonds is 3.